The number of ether oxygens (including phenoxy) is 1. The molecule has 1 aromatic rings. The Morgan fingerprint density at radius 1 is 1.35 bits per heavy atom. The number of hydrogen-bond acceptors (Lipinski definition) is 4. The number of benzene rings is 1. The van der Waals surface area contributed by atoms with Gasteiger partial charge in [-0.05, 0) is 26.7 Å². The van der Waals surface area contributed by atoms with E-state index in [0.717, 1.165) is 0 Å². The standard InChI is InChI=1S/C16H25FN2O3S/c1-10(2)12-9-19(16(3,4)5)13-7-11(17)14(22-6)8-15(13)23(20,21)18-12/h7-8,10,12,18H,9H2,1-6H3/t12-/m0/s1. The second kappa shape index (κ2) is 5.94. The fraction of sp³-hybridized carbons (Fsp3) is 0.625. The summed E-state index contributed by atoms with van der Waals surface area (Å²) in [5.41, 5.74) is 0.0104. The van der Waals surface area contributed by atoms with Crippen molar-refractivity contribution in [3.8, 4) is 5.75 Å². The summed E-state index contributed by atoms with van der Waals surface area (Å²) in [5.74, 6) is -0.541. The topological polar surface area (TPSA) is 58.6 Å². The smallest absolute Gasteiger partial charge is 0.243 e. The Morgan fingerprint density at radius 2 is 1.96 bits per heavy atom. The van der Waals surface area contributed by atoms with E-state index in [-0.39, 0.29) is 28.1 Å². The van der Waals surface area contributed by atoms with Crippen LogP contribution in [0.15, 0.2) is 17.0 Å². The van der Waals surface area contributed by atoms with Gasteiger partial charge in [-0.15, -0.1) is 0 Å². The molecule has 1 N–H and O–H groups in total. The lowest BCUT2D eigenvalue weighted by atomic mass is 9.99. The van der Waals surface area contributed by atoms with Crippen LogP contribution in [-0.4, -0.2) is 33.7 Å². The van der Waals surface area contributed by atoms with Crippen molar-refractivity contribution in [1.82, 2.24) is 4.72 Å². The molecule has 0 fully saturated rings. The van der Waals surface area contributed by atoms with Gasteiger partial charge in [0.2, 0.25) is 10.0 Å². The second-order valence-corrected chi connectivity index (χ2v) is 8.89. The van der Waals surface area contributed by atoms with Crippen molar-refractivity contribution in [3.63, 3.8) is 0 Å². The fourth-order valence-electron chi connectivity index (χ4n) is 2.68. The number of rotatable bonds is 2. The van der Waals surface area contributed by atoms with E-state index in [1.165, 1.54) is 19.2 Å². The van der Waals surface area contributed by atoms with Gasteiger partial charge in [-0.1, -0.05) is 13.8 Å². The lowest BCUT2D eigenvalue weighted by Gasteiger charge is -2.39. The molecule has 1 aliphatic rings. The van der Waals surface area contributed by atoms with Gasteiger partial charge in [-0.3, -0.25) is 0 Å². The van der Waals surface area contributed by atoms with E-state index in [9.17, 15) is 12.8 Å². The predicted molar refractivity (Wildman–Crippen MR) is 89.0 cm³/mol. The lowest BCUT2D eigenvalue weighted by Crippen LogP contribution is -2.50. The minimum absolute atomic E-state index is 0.0498. The number of hydrogen-bond donors (Lipinski definition) is 1. The maximum atomic E-state index is 14.2. The molecule has 0 unspecified atom stereocenters. The first-order valence-electron chi connectivity index (χ1n) is 7.65. The van der Waals surface area contributed by atoms with Crippen LogP contribution in [-0.2, 0) is 10.0 Å². The zero-order valence-corrected chi connectivity index (χ0v) is 15.3. The number of halogens is 1. The lowest BCUT2D eigenvalue weighted by molar-refractivity contribution is 0.384. The summed E-state index contributed by atoms with van der Waals surface area (Å²) in [7, 11) is -2.43. The van der Waals surface area contributed by atoms with E-state index >= 15 is 0 Å². The Bertz CT molecular complexity index is 696. The molecule has 0 aliphatic carbocycles. The third kappa shape index (κ3) is 3.45. The molecule has 0 saturated carbocycles. The van der Waals surface area contributed by atoms with E-state index in [1.807, 2.05) is 39.5 Å². The van der Waals surface area contributed by atoms with Crippen molar-refractivity contribution < 1.29 is 17.5 Å². The molecule has 1 aromatic carbocycles. The van der Waals surface area contributed by atoms with Crippen LogP contribution < -0.4 is 14.4 Å². The van der Waals surface area contributed by atoms with Gasteiger partial charge < -0.3 is 9.64 Å². The number of fused-ring (bicyclic) bond motifs is 1. The van der Waals surface area contributed by atoms with Gasteiger partial charge in [0.05, 0.1) is 12.8 Å². The van der Waals surface area contributed by atoms with Crippen LogP contribution in [0.3, 0.4) is 0 Å². The Labute approximate surface area is 137 Å². The molecule has 7 heteroatoms. The van der Waals surface area contributed by atoms with Crippen molar-refractivity contribution >= 4 is 15.7 Å². The van der Waals surface area contributed by atoms with Gasteiger partial charge in [-0.25, -0.2) is 17.5 Å². The van der Waals surface area contributed by atoms with E-state index < -0.39 is 15.8 Å². The van der Waals surface area contributed by atoms with E-state index in [4.69, 9.17) is 4.74 Å². The molecule has 1 heterocycles. The highest BCUT2D eigenvalue weighted by molar-refractivity contribution is 7.89. The summed E-state index contributed by atoms with van der Waals surface area (Å²) in [4.78, 5) is 1.99. The SMILES string of the molecule is COc1cc2c(cc1F)N(C(C)(C)C)C[C@@H](C(C)C)NS2(=O)=O. The summed E-state index contributed by atoms with van der Waals surface area (Å²) in [6, 6.07) is 2.25. The van der Waals surface area contributed by atoms with E-state index in [2.05, 4.69) is 4.72 Å². The number of sulfonamides is 1. The van der Waals surface area contributed by atoms with Gasteiger partial charge in [0.25, 0.3) is 0 Å². The monoisotopic (exact) mass is 344 g/mol. The van der Waals surface area contributed by atoms with Crippen LogP contribution in [0.4, 0.5) is 10.1 Å². The van der Waals surface area contributed by atoms with Gasteiger partial charge >= 0.3 is 0 Å². The van der Waals surface area contributed by atoms with Crippen LogP contribution in [0.2, 0.25) is 0 Å². The molecule has 0 aromatic heterocycles. The first-order valence-corrected chi connectivity index (χ1v) is 9.13. The summed E-state index contributed by atoms with van der Waals surface area (Å²) in [6.45, 7) is 10.3. The molecule has 0 amide bonds. The number of nitrogens with one attached hydrogen (secondary N) is 1. The minimum Gasteiger partial charge on any atom is -0.494 e. The third-order valence-electron chi connectivity index (χ3n) is 4.11. The van der Waals surface area contributed by atoms with E-state index in [0.29, 0.717) is 12.2 Å². The van der Waals surface area contributed by atoms with Crippen LogP contribution in [0.25, 0.3) is 0 Å². The normalized spacial score (nSPS) is 21.0. The number of anilines is 1. The third-order valence-corrected chi connectivity index (χ3v) is 5.63. The largest absolute Gasteiger partial charge is 0.494 e. The average molecular weight is 344 g/mol. The zero-order valence-electron chi connectivity index (χ0n) is 14.5. The van der Waals surface area contributed by atoms with Crippen LogP contribution in [0.5, 0.6) is 5.75 Å². The van der Waals surface area contributed by atoms with Gasteiger partial charge in [0, 0.05) is 30.3 Å². The van der Waals surface area contributed by atoms with Crippen LogP contribution >= 0.6 is 0 Å². The molecule has 1 atom stereocenters. The second-order valence-electron chi connectivity index (χ2n) is 7.21. The summed E-state index contributed by atoms with van der Waals surface area (Å²) >= 11 is 0. The van der Waals surface area contributed by atoms with Crippen molar-refractivity contribution in [1.29, 1.82) is 0 Å². The van der Waals surface area contributed by atoms with E-state index in [1.54, 1.807) is 0 Å². The fourth-order valence-corrected chi connectivity index (χ4v) is 4.26. The Balaban J connectivity index is 2.74. The number of nitrogens with zero attached hydrogens (tertiary/aromatic N) is 1. The summed E-state index contributed by atoms with van der Waals surface area (Å²) < 4.78 is 47.4. The molecule has 0 radical (unpaired) electrons. The van der Waals surface area contributed by atoms with Gasteiger partial charge in [0.15, 0.2) is 11.6 Å². The molecular weight excluding hydrogens is 319 g/mol. The Morgan fingerprint density at radius 3 is 2.43 bits per heavy atom. The minimum atomic E-state index is -3.75. The van der Waals surface area contributed by atoms with Crippen molar-refractivity contribution in [2.45, 2.75) is 51.1 Å². The van der Waals surface area contributed by atoms with Gasteiger partial charge in [-0.2, -0.15) is 0 Å². The average Bonchev–Trinajstić information content (AvgIpc) is 2.51. The quantitative estimate of drug-likeness (QED) is 0.896. The molecule has 23 heavy (non-hydrogen) atoms. The summed E-state index contributed by atoms with van der Waals surface area (Å²) in [6.07, 6.45) is 0. The molecule has 2 rings (SSSR count). The molecule has 0 saturated heterocycles. The zero-order chi connectivity index (χ0) is 17.6. The molecule has 5 nitrogen and oxygen atoms in total. The molecule has 1 aliphatic heterocycles. The molecule has 0 bridgehead atoms. The first kappa shape index (κ1) is 18.0. The number of methoxy groups -OCH3 is 1. The van der Waals surface area contributed by atoms with Crippen LogP contribution in [0.1, 0.15) is 34.6 Å². The Kier molecular flexibility index (Phi) is 4.65. The summed E-state index contributed by atoms with van der Waals surface area (Å²) in [5, 5.41) is 0. The highest BCUT2D eigenvalue weighted by Crippen LogP contribution is 2.37. The van der Waals surface area contributed by atoms with Crippen molar-refractivity contribution in [2.24, 2.45) is 5.92 Å². The first-order chi connectivity index (χ1) is 10.5. The highest BCUT2D eigenvalue weighted by atomic mass is 32.2. The molecular formula is C16H25FN2O3S. The van der Waals surface area contributed by atoms with Gasteiger partial charge in [0.1, 0.15) is 4.90 Å². The van der Waals surface area contributed by atoms with Crippen LogP contribution in [0, 0.1) is 11.7 Å². The van der Waals surface area contributed by atoms with Crippen molar-refractivity contribution in [2.75, 3.05) is 18.6 Å². The van der Waals surface area contributed by atoms with Crippen molar-refractivity contribution in [3.05, 3.63) is 17.9 Å². The predicted octanol–water partition coefficient (Wildman–Crippen LogP) is 2.76. The highest BCUT2D eigenvalue weighted by Gasteiger charge is 2.37. The maximum absolute atomic E-state index is 14.2. The molecule has 0 spiro atoms. The maximum Gasteiger partial charge on any atom is 0.243 e. The Hall–Kier alpha value is -1.34. The molecule has 130 valence electrons.